The number of hydrogen-bond donors (Lipinski definition) is 3. The fourth-order valence-electron chi connectivity index (χ4n) is 1.97. The van der Waals surface area contributed by atoms with Crippen LogP contribution in [-0.4, -0.2) is 15.3 Å². The number of benzene rings is 1. The zero-order valence-corrected chi connectivity index (χ0v) is 9.50. The molecule has 0 spiro atoms. The lowest BCUT2D eigenvalue weighted by Gasteiger charge is -2.14. The summed E-state index contributed by atoms with van der Waals surface area (Å²) in [6, 6.07) is 4.68. The lowest BCUT2D eigenvalue weighted by Crippen LogP contribution is -2.01. The van der Waals surface area contributed by atoms with Crippen LogP contribution in [0.3, 0.4) is 0 Å². The van der Waals surface area contributed by atoms with Crippen molar-refractivity contribution in [2.75, 3.05) is 0 Å². The highest BCUT2D eigenvalue weighted by Gasteiger charge is 2.10. The molecule has 3 heteroatoms. The minimum absolute atomic E-state index is 0.0802. The molecular weight excluding hydrogens is 216 g/mol. The Morgan fingerprint density at radius 1 is 1.18 bits per heavy atom. The second kappa shape index (κ2) is 4.95. The molecule has 1 aliphatic rings. The molecule has 0 radical (unpaired) electrons. The average Bonchev–Trinajstić information content (AvgIpc) is 2.30. The van der Waals surface area contributed by atoms with Gasteiger partial charge in [0.2, 0.25) is 0 Å². The summed E-state index contributed by atoms with van der Waals surface area (Å²) < 4.78 is 0. The van der Waals surface area contributed by atoms with E-state index in [0.717, 1.165) is 24.8 Å². The van der Waals surface area contributed by atoms with E-state index in [4.69, 9.17) is 0 Å². The van der Waals surface area contributed by atoms with Gasteiger partial charge in [-0.2, -0.15) is 0 Å². The minimum Gasteiger partial charge on any atom is -0.508 e. The van der Waals surface area contributed by atoms with Gasteiger partial charge in [0.15, 0.2) is 0 Å². The van der Waals surface area contributed by atoms with Crippen molar-refractivity contribution in [1.29, 1.82) is 0 Å². The van der Waals surface area contributed by atoms with E-state index >= 15 is 0 Å². The lowest BCUT2D eigenvalue weighted by molar-refractivity contribution is 0.417. The van der Waals surface area contributed by atoms with Crippen LogP contribution in [0.1, 0.15) is 18.4 Å². The fourth-order valence-corrected chi connectivity index (χ4v) is 1.97. The molecule has 90 valence electrons. The molecule has 17 heavy (non-hydrogen) atoms. The van der Waals surface area contributed by atoms with E-state index in [1.807, 2.05) is 6.08 Å². The normalized spacial score (nSPS) is 19.1. The largest absolute Gasteiger partial charge is 0.508 e. The summed E-state index contributed by atoms with van der Waals surface area (Å²) in [5, 5.41) is 28.0. The van der Waals surface area contributed by atoms with Crippen molar-refractivity contribution >= 4 is 0 Å². The van der Waals surface area contributed by atoms with Crippen LogP contribution < -0.4 is 0 Å². The first-order valence-electron chi connectivity index (χ1n) is 5.73. The Kier molecular flexibility index (Phi) is 3.38. The topological polar surface area (TPSA) is 60.7 Å². The van der Waals surface area contributed by atoms with Gasteiger partial charge in [-0.15, -0.1) is 0 Å². The van der Waals surface area contributed by atoms with Crippen molar-refractivity contribution in [1.82, 2.24) is 0 Å². The third kappa shape index (κ3) is 3.03. The highest BCUT2D eigenvalue weighted by Crippen LogP contribution is 2.26. The Morgan fingerprint density at radius 3 is 2.65 bits per heavy atom. The number of aryl methyl sites for hydroxylation is 1. The Balaban J connectivity index is 1.92. The molecule has 0 amide bonds. The van der Waals surface area contributed by atoms with Crippen LogP contribution in [0, 0.1) is 5.92 Å². The summed E-state index contributed by atoms with van der Waals surface area (Å²) in [5.41, 5.74) is 0.843. The number of allylic oxidation sites excluding steroid dienone is 3. The molecule has 1 unspecified atom stereocenters. The van der Waals surface area contributed by atoms with Gasteiger partial charge in [0.25, 0.3) is 0 Å². The molecule has 0 heterocycles. The van der Waals surface area contributed by atoms with Crippen LogP contribution in [0.25, 0.3) is 0 Å². The van der Waals surface area contributed by atoms with Crippen molar-refractivity contribution in [2.24, 2.45) is 5.92 Å². The molecule has 0 fully saturated rings. The molecule has 0 bridgehead atoms. The van der Waals surface area contributed by atoms with Crippen molar-refractivity contribution in [3.8, 4) is 11.5 Å². The predicted octanol–water partition coefficient (Wildman–Crippen LogP) is 3.05. The second-order valence-electron chi connectivity index (χ2n) is 4.34. The van der Waals surface area contributed by atoms with Crippen LogP contribution in [0.5, 0.6) is 11.5 Å². The van der Waals surface area contributed by atoms with E-state index in [-0.39, 0.29) is 11.5 Å². The summed E-state index contributed by atoms with van der Waals surface area (Å²) >= 11 is 0. The van der Waals surface area contributed by atoms with Crippen LogP contribution in [0.15, 0.2) is 42.2 Å². The molecule has 0 aromatic heterocycles. The predicted molar refractivity (Wildman–Crippen MR) is 66.1 cm³/mol. The molecule has 0 saturated heterocycles. The maximum atomic E-state index is 9.63. The maximum Gasteiger partial charge on any atom is 0.122 e. The van der Waals surface area contributed by atoms with Gasteiger partial charge in [-0.3, -0.25) is 0 Å². The van der Waals surface area contributed by atoms with E-state index in [1.165, 1.54) is 6.07 Å². The molecule has 1 atom stereocenters. The van der Waals surface area contributed by atoms with Crippen LogP contribution >= 0.6 is 0 Å². The van der Waals surface area contributed by atoms with E-state index in [1.54, 1.807) is 24.3 Å². The molecule has 0 aliphatic heterocycles. The average molecular weight is 232 g/mol. The molecule has 1 aromatic rings. The molecule has 3 nitrogen and oxygen atoms in total. The zero-order valence-electron chi connectivity index (χ0n) is 9.50. The van der Waals surface area contributed by atoms with Gasteiger partial charge in [0.05, 0.1) is 0 Å². The second-order valence-corrected chi connectivity index (χ2v) is 4.34. The molecule has 2 rings (SSSR count). The van der Waals surface area contributed by atoms with Crippen molar-refractivity contribution in [3.05, 3.63) is 47.7 Å². The van der Waals surface area contributed by atoms with Gasteiger partial charge in [0, 0.05) is 6.07 Å². The number of aliphatic hydroxyl groups excluding tert-OH is 1. The van der Waals surface area contributed by atoms with E-state index in [0.29, 0.717) is 11.7 Å². The smallest absolute Gasteiger partial charge is 0.122 e. The Bertz CT molecular complexity index is 461. The molecular formula is C14H16O3. The van der Waals surface area contributed by atoms with E-state index < -0.39 is 0 Å². The first-order valence-corrected chi connectivity index (χ1v) is 5.73. The quantitative estimate of drug-likeness (QED) is 0.750. The summed E-state index contributed by atoms with van der Waals surface area (Å²) in [6.45, 7) is 0. The number of phenolic OH excluding ortho intramolecular Hbond substituents is 2. The maximum absolute atomic E-state index is 9.63. The molecule has 1 aliphatic carbocycles. The van der Waals surface area contributed by atoms with Crippen LogP contribution in [0.2, 0.25) is 0 Å². The van der Waals surface area contributed by atoms with Crippen molar-refractivity contribution in [2.45, 2.75) is 19.3 Å². The monoisotopic (exact) mass is 232 g/mol. The molecule has 3 N–H and O–H groups in total. The Hall–Kier alpha value is -1.90. The summed E-state index contributed by atoms with van der Waals surface area (Å²) in [4.78, 5) is 0. The number of aliphatic hydroxyl groups is 1. The van der Waals surface area contributed by atoms with Crippen molar-refractivity contribution < 1.29 is 15.3 Å². The van der Waals surface area contributed by atoms with Crippen molar-refractivity contribution in [3.63, 3.8) is 0 Å². The van der Waals surface area contributed by atoms with Crippen LogP contribution in [-0.2, 0) is 6.42 Å². The fraction of sp³-hybridized carbons (Fsp3) is 0.286. The molecule has 1 aromatic carbocycles. The van der Waals surface area contributed by atoms with E-state index in [2.05, 4.69) is 0 Å². The van der Waals surface area contributed by atoms with Gasteiger partial charge in [0.1, 0.15) is 17.3 Å². The Morgan fingerprint density at radius 2 is 2.00 bits per heavy atom. The summed E-state index contributed by atoms with van der Waals surface area (Å²) in [5.74, 6) is 0.952. The van der Waals surface area contributed by atoms with Gasteiger partial charge >= 0.3 is 0 Å². The number of rotatable bonds is 3. The van der Waals surface area contributed by atoms with Gasteiger partial charge in [-0.05, 0) is 49.0 Å². The third-order valence-electron chi connectivity index (χ3n) is 3.02. The summed E-state index contributed by atoms with van der Waals surface area (Å²) in [7, 11) is 0. The highest BCUT2D eigenvalue weighted by molar-refractivity contribution is 5.39. The minimum atomic E-state index is 0.0802. The number of aromatic hydroxyl groups is 2. The van der Waals surface area contributed by atoms with E-state index in [9.17, 15) is 15.3 Å². The van der Waals surface area contributed by atoms with Gasteiger partial charge < -0.3 is 15.3 Å². The molecule has 0 saturated carbocycles. The standard InChI is InChI=1S/C14H16O3/c15-12-6-2-10(3-7-12)1-4-11-5-8-13(16)9-14(11)17/h2,5-10,15-17H,1,3-4H2. The van der Waals surface area contributed by atoms with Gasteiger partial charge in [-0.25, -0.2) is 0 Å². The SMILES string of the molecule is OC1=CCC(CCc2ccc(O)cc2O)C=C1. The first-order chi connectivity index (χ1) is 8.15. The van der Waals surface area contributed by atoms with Gasteiger partial charge in [-0.1, -0.05) is 12.1 Å². The Labute approximate surface area is 100 Å². The number of hydrogen-bond acceptors (Lipinski definition) is 3. The first kappa shape index (κ1) is 11.6. The third-order valence-corrected chi connectivity index (χ3v) is 3.02. The lowest BCUT2D eigenvalue weighted by atomic mass is 9.93. The van der Waals surface area contributed by atoms with Crippen LogP contribution in [0.4, 0.5) is 0 Å². The number of phenols is 2. The zero-order chi connectivity index (χ0) is 12.3. The summed E-state index contributed by atoms with van der Waals surface area (Å²) in [6.07, 6.45) is 8.02. The highest BCUT2D eigenvalue weighted by atomic mass is 16.3.